The number of hydrogen-bond donors (Lipinski definition) is 0. The molecule has 248 valence electrons. The van der Waals surface area contributed by atoms with E-state index in [2.05, 4.69) is 209 Å². The smallest absolute Gasteiger partial charge is 0.252 e. The number of fused-ring (bicyclic) bond motifs is 7. The standard InChI is InChI=1S/C48H32BN3S/c1-4-16-33(17-5-1)34-28-30-37(31-29-34)51-42-26-14-15-27-45(42)53-48-44(51)32-43-46-47(48)52(36-20-8-3-9-21-36)41-25-13-11-23-39(41)49(46)38-22-10-12-24-40(38)50(43)35-18-6-2-7-19-35/h1-32H. The number of nitrogens with zero attached hydrogens (tertiary/aromatic N) is 3. The van der Waals surface area contributed by atoms with Gasteiger partial charge in [0.15, 0.2) is 0 Å². The summed E-state index contributed by atoms with van der Waals surface area (Å²) in [6.07, 6.45) is 0. The fraction of sp³-hybridized carbons (Fsp3) is 0. The minimum atomic E-state index is 0.0639. The van der Waals surface area contributed by atoms with Crippen LogP contribution in [0.1, 0.15) is 0 Å². The van der Waals surface area contributed by atoms with Crippen LogP contribution in [0.25, 0.3) is 11.1 Å². The van der Waals surface area contributed by atoms with E-state index in [1.54, 1.807) is 0 Å². The number of benzene rings is 8. The molecule has 0 aromatic heterocycles. The minimum Gasteiger partial charge on any atom is -0.311 e. The fourth-order valence-electron chi connectivity index (χ4n) is 8.58. The summed E-state index contributed by atoms with van der Waals surface area (Å²) in [5.41, 5.74) is 17.1. The summed E-state index contributed by atoms with van der Waals surface area (Å²) in [6, 6.07) is 70.8. The average Bonchev–Trinajstić information content (AvgIpc) is 3.23. The highest BCUT2D eigenvalue weighted by Crippen LogP contribution is 2.58. The molecule has 53 heavy (non-hydrogen) atoms. The highest BCUT2D eigenvalue weighted by molar-refractivity contribution is 8.00. The quantitative estimate of drug-likeness (QED) is 0.170. The van der Waals surface area contributed by atoms with Gasteiger partial charge in [0.1, 0.15) is 0 Å². The van der Waals surface area contributed by atoms with Crippen molar-refractivity contribution in [2.24, 2.45) is 0 Å². The SMILES string of the molecule is c1ccc(-c2ccc(N3c4ccccc4Sc4c3cc3c5c4N(c4ccccc4)c4ccccc4B5c4ccccc4N3c3ccccc3)cc2)cc1. The van der Waals surface area contributed by atoms with Gasteiger partial charge in [-0.3, -0.25) is 0 Å². The summed E-state index contributed by atoms with van der Waals surface area (Å²) < 4.78 is 0. The molecule has 5 heteroatoms. The van der Waals surface area contributed by atoms with Crippen LogP contribution in [-0.2, 0) is 0 Å². The van der Waals surface area contributed by atoms with Gasteiger partial charge in [-0.2, -0.15) is 0 Å². The van der Waals surface area contributed by atoms with Crippen molar-refractivity contribution in [3.63, 3.8) is 0 Å². The van der Waals surface area contributed by atoms with Gasteiger partial charge in [0.2, 0.25) is 0 Å². The Morgan fingerprint density at radius 2 is 0.830 bits per heavy atom. The van der Waals surface area contributed by atoms with E-state index in [1.807, 2.05) is 11.8 Å². The fourth-order valence-corrected chi connectivity index (χ4v) is 9.76. The summed E-state index contributed by atoms with van der Waals surface area (Å²) in [7, 11) is 0. The van der Waals surface area contributed by atoms with E-state index in [4.69, 9.17) is 0 Å². The molecule has 0 aliphatic carbocycles. The van der Waals surface area contributed by atoms with Gasteiger partial charge >= 0.3 is 0 Å². The lowest BCUT2D eigenvalue weighted by atomic mass is 9.33. The van der Waals surface area contributed by atoms with Gasteiger partial charge in [-0.05, 0) is 94.2 Å². The van der Waals surface area contributed by atoms with Crippen molar-refractivity contribution in [2.45, 2.75) is 9.79 Å². The lowest BCUT2D eigenvalue weighted by Crippen LogP contribution is -2.61. The second-order valence-corrected chi connectivity index (χ2v) is 14.8. The van der Waals surface area contributed by atoms with Gasteiger partial charge < -0.3 is 14.7 Å². The van der Waals surface area contributed by atoms with Crippen LogP contribution in [0.2, 0.25) is 0 Å². The highest BCUT2D eigenvalue weighted by atomic mass is 32.2. The largest absolute Gasteiger partial charge is 0.311 e. The molecule has 3 nitrogen and oxygen atoms in total. The molecule has 3 aliphatic rings. The van der Waals surface area contributed by atoms with Gasteiger partial charge in [0, 0.05) is 39.0 Å². The van der Waals surface area contributed by atoms with E-state index in [1.165, 1.54) is 71.4 Å². The first-order valence-electron chi connectivity index (χ1n) is 18.1. The second kappa shape index (κ2) is 12.1. The normalized spacial score (nSPS) is 13.4. The molecule has 0 amide bonds. The van der Waals surface area contributed by atoms with Crippen molar-refractivity contribution in [1.29, 1.82) is 0 Å². The average molecular weight is 694 g/mol. The lowest BCUT2D eigenvalue weighted by molar-refractivity contribution is 1.14. The third-order valence-corrected chi connectivity index (χ3v) is 12.0. The van der Waals surface area contributed by atoms with E-state index in [0.717, 1.165) is 17.1 Å². The molecular formula is C48H32BN3S. The van der Waals surface area contributed by atoms with Crippen LogP contribution in [0.3, 0.4) is 0 Å². The molecule has 3 aliphatic heterocycles. The molecule has 0 atom stereocenters. The predicted molar refractivity (Wildman–Crippen MR) is 225 cm³/mol. The first kappa shape index (κ1) is 30.2. The van der Waals surface area contributed by atoms with Crippen LogP contribution in [-0.4, -0.2) is 6.71 Å². The predicted octanol–water partition coefficient (Wildman–Crippen LogP) is 11.4. The number of hydrogen-bond acceptors (Lipinski definition) is 4. The Bertz CT molecular complexity index is 2650. The lowest BCUT2D eigenvalue weighted by Gasteiger charge is -2.47. The molecular weight excluding hydrogens is 661 g/mol. The molecule has 0 fully saturated rings. The Morgan fingerprint density at radius 1 is 0.358 bits per heavy atom. The summed E-state index contributed by atoms with van der Waals surface area (Å²) in [5, 5.41) is 0. The molecule has 0 N–H and O–H groups in total. The molecule has 0 radical (unpaired) electrons. The van der Waals surface area contributed by atoms with Gasteiger partial charge in [0.05, 0.1) is 22.0 Å². The molecule has 0 saturated carbocycles. The first-order chi connectivity index (χ1) is 26.3. The van der Waals surface area contributed by atoms with E-state index < -0.39 is 0 Å². The van der Waals surface area contributed by atoms with E-state index >= 15 is 0 Å². The summed E-state index contributed by atoms with van der Waals surface area (Å²) in [4.78, 5) is 9.99. The molecule has 11 rings (SSSR count). The Morgan fingerprint density at radius 3 is 1.49 bits per heavy atom. The van der Waals surface area contributed by atoms with Crippen molar-refractivity contribution >= 4 is 86.0 Å². The maximum absolute atomic E-state index is 2.53. The Kier molecular flexibility index (Phi) is 6.89. The topological polar surface area (TPSA) is 9.72 Å². The van der Waals surface area contributed by atoms with E-state index in [-0.39, 0.29) is 6.71 Å². The van der Waals surface area contributed by atoms with Gasteiger partial charge in [-0.25, -0.2) is 0 Å². The van der Waals surface area contributed by atoms with Gasteiger partial charge in [0.25, 0.3) is 6.71 Å². The van der Waals surface area contributed by atoms with Crippen molar-refractivity contribution in [3.8, 4) is 11.1 Å². The van der Waals surface area contributed by atoms with Crippen LogP contribution in [0.4, 0.5) is 51.2 Å². The van der Waals surface area contributed by atoms with Crippen LogP contribution >= 0.6 is 11.8 Å². The molecule has 3 heterocycles. The zero-order valence-electron chi connectivity index (χ0n) is 28.8. The number of rotatable bonds is 4. The summed E-state index contributed by atoms with van der Waals surface area (Å²) >= 11 is 1.89. The van der Waals surface area contributed by atoms with E-state index in [9.17, 15) is 0 Å². The number of para-hydroxylation sites is 5. The molecule has 0 unspecified atom stereocenters. The van der Waals surface area contributed by atoms with Crippen molar-refractivity contribution in [2.75, 3.05) is 14.7 Å². The molecule has 0 spiro atoms. The number of anilines is 9. The third kappa shape index (κ3) is 4.64. The van der Waals surface area contributed by atoms with E-state index in [0.29, 0.717) is 0 Å². The van der Waals surface area contributed by atoms with Crippen molar-refractivity contribution in [3.05, 3.63) is 194 Å². The van der Waals surface area contributed by atoms with Gasteiger partial charge in [-0.1, -0.05) is 139 Å². The van der Waals surface area contributed by atoms with Crippen LogP contribution in [0.5, 0.6) is 0 Å². The van der Waals surface area contributed by atoms with Crippen LogP contribution < -0.4 is 31.1 Å². The molecule has 0 bridgehead atoms. The van der Waals surface area contributed by atoms with Crippen LogP contribution in [0.15, 0.2) is 204 Å². The monoisotopic (exact) mass is 693 g/mol. The maximum atomic E-state index is 2.53. The Balaban J connectivity index is 1.25. The first-order valence-corrected chi connectivity index (χ1v) is 19.0. The third-order valence-electron chi connectivity index (χ3n) is 10.8. The zero-order valence-corrected chi connectivity index (χ0v) is 29.6. The molecule has 0 saturated heterocycles. The molecule has 8 aromatic carbocycles. The van der Waals surface area contributed by atoms with Gasteiger partial charge in [-0.15, -0.1) is 0 Å². The van der Waals surface area contributed by atoms with Crippen LogP contribution in [0, 0.1) is 0 Å². The minimum absolute atomic E-state index is 0.0639. The molecule has 8 aromatic rings. The summed E-state index contributed by atoms with van der Waals surface area (Å²) in [5.74, 6) is 0. The van der Waals surface area contributed by atoms with Crippen molar-refractivity contribution in [1.82, 2.24) is 0 Å². The second-order valence-electron chi connectivity index (χ2n) is 13.7. The Labute approximate surface area is 314 Å². The Hall–Kier alpha value is -6.43. The zero-order chi connectivity index (χ0) is 34.9. The summed E-state index contributed by atoms with van der Waals surface area (Å²) in [6.45, 7) is 0.0639. The highest BCUT2D eigenvalue weighted by Gasteiger charge is 2.46. The van der Waals surface area contributed by atoms with Crippen molar-refractivity contribution < 1.29 is 0 Å². The maximum Gasteiger partial charge on any atom is 0.252 e.